The van der Waals surface area contributed by atoms with E-state index in [4.69, 9.17) is 0 Å². The zero-order valence-electron chi connectivity index (χ0n) is 11.2. The third-order valence-corrected chi connectivity index (χ3v) is 3.45. The lowest BCUT2D eigenvalue weighted by molar-refractivity contribution is -0.114. The van der Waals surface area contributed by atoms with Gasteiger partial charge in [0.15, 0.2) is 23.1 Å². The first-order valence-corrected chi connectivity index (χ1v) is 6.37. The fourth-order valence-corrected chi connectivity index (χ4v) is 2.40. The summed E-state index contributed by atoms with van der Waals surface area (Å²) in [4.78, 5) is 47.9. The molecule has 4 heteroatoms. The van der Waals surface area contributed by atoms with E-state index in [0.29, 0.717) is 5.56 Å². The highest BCUT2D eigenvalue weighted by Gasteiger charge is 2.30. The van der Waals surface area contributed by atoms with Crippen LogP contribution in [0.15, 0.2) is 53.6 Å². The molecule has 0 spiro atoms. The van der Waals surface area contributed by atoms with Gasteiger partial charge in [0.2, 0.25) is 0 Å². The maximum absolute atomic E-state index is 12.5. The van der Waals surface area contributed by atoms with Crippen molar-refractivity contribution in [3.05, 3.63) is 70.3 Å². The minimum Gasteiger partial charge on any atom is -0.290 e. The van der Waals surface area contributed by atoms with Crippen molar-refractivity contribution in [2.75, 3.05) is 0 Å². The molecule has 1 aromatic carbocycles. The minimum atomic E-state index is -0.446. The molecule has 21 heavy (non-hydrogen) atoms. The lowest BCUT2D eigenvalue weighted by atomic mass is 9.83. The van der Waals surface area contributed by atoms with Gasteiger partial charge in [-0.3, -0.25) is 19.2 Å². The zero-order valence-corrected chi connectivity index (χ0v) is 11.2. The van der Waals surface area contributed by atoms with E-state index in [1.807, 2.05) is 6.92 Å². The van der Waals surface area contributed by atoms with Crippen LogP contribution in [0.4, 0.5) is 0 Å². The van der Waals surface area contributed by atoms with Crippen LogP contribution in [-0.2, 0) is 9.59 Å². The van der Waals surface area contributed by atoms with E-state index in [9.17, 15) is 19.2 Å². The van der Waals surface area contributed by atoms with Crippen LogP contribution in [0, 0.1) is 6.92 Å². The van der Waals surface area contributed by atoms with Crippen LogP contribution in [0.5, 0.6) is 0 Å². The molecule has 0 aromatic heterocycles. The first-order valence-electron chi connectivity index (χ1n) is 6.37. The third kappa shape index (κ3) is 2.10. The van der Waals surface area contributed by atoms with E-state index in [1.165, 1.54) is 0 Å². The van der Waals surface area contributed by atoms with Crippen molar-refractivity contribution < 1.29 is 19.2 Å². The van der Waals surface area contributed by atoms with Crippen LogP contribution in [0.3, 0.4) is 0 Å². The summed E-state index contributed by atoms with van der Waals surface area (Å²) < 4.78 is 0. The van der Waals surface area contributed by atoms with Crippen LogP contribution in [0.1, 0.15) is 26.3 Å². The van der Waals surface area contributed by atoms with E-state index >= 15 is 0 Å². The second kappa shape index (κ2) is 4.59. The molecule has 0 heterocycles. The number of rotatable bonds is 1. The first kappa shape index (κ1) is 13.1. The molecule has 0 fully saturated rings. The molecule has 0 atom stereocenters. The highest BCUT2D eigenvalue weighted by atomic mass is 16.1. The van der Waals surface area contributed by atoms with Gasteiger partial charge in [0.1, 0.15) is 0 Å². The summed E-state index contributed by atoms with van der Waals surface area (Å²) in [6, 6.07) is 4.97. The highest BCUT2D eigenvalue weighted by Crippen LogP contribution is 2.28. The molecule has 102 valence electrons. The van der Waals surface area contributed by atoms with Gasteiger partial charge in [-0.15, -0.1) is 0 Å². The number of carbonyl (C=O) groups is 4. The summed E-state index contributed by atoms with van der Waals surface area (Å²) in [6.45, 7) is 1.81. The Kier molecular flexibility index (Phi) is 2.87. The second-order valence-corrected chi connectivity index (χ2v) is 4.96. The van der Waals surface area contributed by atoms with Crippen molar-refractivity contribution in [3.63, 3.8) is 0 Å². The van der Waals surface area contributed by atoms with Crippen molar-refractivity contribution in [1.82, 2.24) is 0 Å². The molecule has 0 amide bonds. The molecule has 4 nitrogen and oxygen atoms in total. The average Bonchev–Trinajstić information content (AvgIpc) is 2.45. The predicted molar refractivity (Wildman–Crippen MR) is 75.2 cm³/mol. The van der Waals surface area contributed by atoms with Gasteiger partial charge in [0.25, 0.3) is 0 Å². The molecule has 2 aliphatic rings. The molecule has 3 rings (SSSR count). The zero-order chi connectivity index (χ0) is 15.1. The minimum absolute atomic E-state index is 0.0131. The van der Waals surface area contributed by atoms with Gasteiger partial charge < -0.3 is 0 Å². The Hall–Kier alpha value is -2.88. The number of hydrogen-bond acceptors (Lipinski definition) is 4. The maximum atomic E-state index is 12.5. The number of allylic oxidation sites excluding steroid dienone is 6. The Morgan fingerprint density at radius 2 is 1.52 bits per heavy atom. The third-order valence-electron chi connectivity index (χ3n) is 3.45. The van der Waals surface area contributed by atoms with Crippen LogP contribution < -0.4 is 0 Å². The highest BCUT2D eigenvalue weighted by molar-refractivity contribution is 6.32. The van der Waals surface area contributed by atoms with Crippen molar-refractivity contribution in [2.24, 2.45) is 0 Å². The van der Waals surface area contributed by atoms with Gasteiger partial charge >= 0.3 is 0 Å². The number of ketones is 4. The van der Waals surface area contributed by atoms with E-state index in [0.717, 1.165) is 29.9 Å². The number of fused-ring (bicyclic) bond motifs is 1. The van der Waals surface area contributed by atoms with Gasteiger partial charge in [-0.1, -0.05) is 17.7 Å². The second-order valence-electron chi connectivity index (χ2n) is 4.96. The van der Waals surface area contributed by atoms with Crippen molar-refractivity contribution in [1.29, 1.82) is 0 Å². The summed E-state index contributed by atoms with van der Waals surface area (Å²) in [5.74, 6) is -1.56. The average molecular weight is 278 g/mol. The monoisotopic (exact) mass is 278 g/mol. The Morgan fingerprint density at radius 1 is 0.762 bits per heavy atom. The summed E-state index contributed by atoms with van der Waals surface area (Å²) in [7, 11) is 0. The van der Waals surface area contributed by atoms with Gasteiger partial charge in [-0.05, 0) is 37.3 Å². The summed E-state index contributed by atoms with van der Waals surface area (Å²) in [6.07, 6.45) is 4.48. The number of Topliss-reactive ketones (excluding diaryl/α,β-unsaturated/α-hetero) is 1. The molecule has 0 bridgehead atoms. The Morgan fingerprint density at radius 3 is 2.29 bits per heavy atom. The quantitative estimate of drug-likeness (QED) is 0.736. The van der Waals surface area contributed by atoms with E-state index in [1.54, 1.807) is 18.2 Å². The van der Waals surface area contributed by atoms with Crippen molar-refractivity contribution in [3.8, 4) is 0 Å². The van der Waals surface area contributed by atoms with Crippen LogP contribution in [-0.4, -0.2) is 23.1 Å². The topological polar surface area (TPSA) is 68.3 Å². The fraction of sp³-hybridized carbons (Fsp3) is 0.0588. The molecule has 0 saturated carbocycles. The molecule has 0 saturated heterocycles. The van der Waals surface area contributed by atoms with Gasteiger partial charge in [0.05, 0.1) is 0 Å². The molecule has 2 aliphatic carbocycles. The molecule has 0 aliphatic heterocycles. The van der Waals surface area contributed by atoms with Gasteiger partial charge in [-0.25, -0.2) is 0 Å². The van der Waals surface area contributed by atoms with Crippen molar-refractivity contribution >= 4 is 23.1 Å². The lowest BCUT2D eigenvalue weighted by Gasteiger charge is -2.17. The Bertz CT molecular complexity index is 819. The lowest BCUT2D eigenvalue weighted by Crippen LogP contribution is -2.22. The number of carbonyl (C=O) groups excluding carboxylic acids is 4. The molecular weight excluding hydrogens is 268 g/mol. The molecule has 0 radical (unpaired) electrons. The predicted octanol–water partition coefficient (Wildman–Crippen LogP) is 1.93. The molecule has 0 N–H and O–H groups in total. The summed E-state index contributed by atoms with van der Waals surface area (Å²) in [5.41, 5.74) is 1.40. The maximum Gasteiger partial charge on any atom is 0.194 e. The Balaban J connectivity index is 2.15. The Labute approximate surface area is 120 Å². The van der Waals surface area contributed by atoms with E-state index in [-0.39, 0.29) is 28.3 Å². The molecular formula is C17H10O4. The largest absolute Gasteiger partial charge is 0.290 e. The first-order chi connectivity index (χ1) is 9.97. The normalized spacial score (nSPS) is 17.6. The summed E-state index contributed by atoms with van der Waals surface area (Å²) >= 11 is 0. The molecule has 0 unspecified atom stereocenters. The number of hydrogen-bond donors (Lipinski definition) is 0. The van der Waals surface area contributed by atoms with Gasteiger partial charge in [-0.2, -0.15) is 0 Å². The fourth-order valence-electron chi connectivity index (χ4n) is 2.40. The van der Waals surface area contributed by atoms with Gasteiger partial charge in [0, 0.05) is 22.3 Å². The van der Waals surface area contributed by atoms with Crippen LogP contribution in [0.25, 0.3) is 0 Å². The number of benzene rings is 1. The summed E-state index contributed by atoms with van der Waals surface area (Å²) in [5, 5.41) is 0. The van der Waals surface area contributed by atoms with Crippen LogP contribution in [0.2, 0.25) is 0 Å². The standard InChI is InChI=1S/C17H10O4/c1-9-2-4-11-13(6-9)17(21)14(8-16(11)20)12-7-10(18)3-5-15(12)19/h2-8H,1H3. The number of aryl methyl sites for hydroxylation is 1. The van der Waals surface area contributed by atoms with E-state index in [2.05, 4.69) is 0 Å². The molecule has 1 aromatic rings. The smallest absolute Gasteiger partial charge is 0.194 e. The SMILES string of the molecule is Cc1ccc2c(c1)C(=O)C(C1=CC(=O)C=CC1=O)=CC2=O. The van der Waals surface area contributed by atoms with E-state index < -0.39 is 11.6 Å². The van der Waals surface area contributed by atoms with Crippen LogP contribution >= 0.6 is 0 Å². The van der Waals surface area contributed by atoms with Crippen molar-refractivity contribution in [2.45, 2.75) is 6.92 Å².